The van der Waals surface area contributed by atoms with E-state index in [0.717, 1.165) is 0 Å². The van der Waals surface area contributed by atoms with Crippen molar-refractivity contribution < 1.29 is 0 Å². The van der Waals surface area contributed by atoms with E-state index in [0.29, 0.717) is 0 Å². The van der Waals surface area contributed by atoms with Gasteiger partial charge in [0.25, 0.3) is 0 Å². The maximum Gasteiger partial charge on any atom is 0.122 e. The maximum atomic E-state index is 2.67. The number of aryl methyl sites for hydroxylation is 1. The molecule has 4 rings (SSSR count). The summed E-state index contributed by atoms with van der Waals surface area (Å²) in [6.07, 6.45) is 2.94. The van der Waals surface area contributed by atoms with Crippen LogP contribution in [0.1, 0.15) is 17.7 Å². The molecular formula is C16H22S2Si2. The largest absolute Gasteiger partial charge is 0.144 e. The van der Waals surface area contributed by atoms with Crippen molar-refractivity contribution in [3.8, 4) is 9.75 Å². The van der Waals surface area contributed by atoms with Crippen LogP contribution >= 0.6 is 22.7 Å². The molecule has 0 N–H and O–H groups in total. The second-order valence-electron chi connectivity index (χ2n) is 7.49. The van der Waals surface area contributed by atoms with Gasteiger partial charge in [-0.05, 0) is 40.0 Å². The molecule has 2 aliphatic heterocycles. The fourth-order valence-corrected chi connectivity index (χ4v) is 15.4. The van der Waals surface area contributed by atoms with E-state index in [4.69, 9.17) is 0 Å². The minimum absolute atomic E-state index is 1.16. The summed E-state index contributed by atoms with van der Waals surface area (Å²) in [6, 6.07) is 8.26. The van der Waals surface area contributed by atoms with E-state index in [2.05, 4.69) is 61.4 Å². The van der Waals surface area contributed by atoms with Gasteiger partial charge in [-0.2, -0.15) is 0 Å². The predicted octanol–water partition coefficient (Wildman–Crippen LogP) is 4.00. The van der Waals surface area contributed by atoms with E-state index in [1.807, 2.05) is 10.4 Å². The van der Waals surface area contributed by atoms with E-state index in [1.165, 1.54) is 29.8 Å². The molecule has 0 nitrogen and oxygen atoms in total. The van der Waals surface area contributed by atoms with Crippen LogP contribution in [0.5, 0.6) is 0 Å². The molecule has 2 aromatic heterocycles. The molecule has 0 bridgehead atoms. The summed E-state index contributed by atoms with van der Waals surface area (Å²) < 4.78 is 1.73. The zero-order valence-corrected chi connectivity index (χ0v) is 16.4. The molecule has 4 heteroatoms. The van der Waals surface area contributed by atoms with E-state index in [-0.39, 0.29) is 0 Å². The fraction of sp³-hybridized carbons (Fsp3) is 0.500. The van der Waals surface area contributed by atoms with Gasteiger partial charge in [-0.1, -0.05) is 38.5 Å². The number of hydrogen-bond acceptors (Lipinski definition) is 2. The fourth-order valence-electron chi connectivity index (χ4n) is 3.99. The molecule has 0 saturated carbocycles. The molecule has 20 heavy (non-hydrogen) atoms. The van der Waals surface area contributed by atoms with Crippen LogP contribution < -0.4 is 14.9 Å². The normalized spacial score (nSPS) is 19.6. The van der Waals surface area contributed by atoms with Gasteiger partial charge in [0.05, 0.1) is 8.07 Å². The van der Waals surface area contributed by atoms with Crippen LogP contribution in [0.3, 0.4) is 0 Å². The Balaban J connectivity index is 1.98. The number of thiophene rings is 2. The van der Waals surface area contributed by atoms with Crippen LogP contribution in [0.25, 0.3) is 9.75 Å². The van der Waals surface area contributed by atoms with Crippen LogP contribution in [0.15, 0.2) is 12.1 Å². The molecule has 0 aromatic carbocycles. The van der Waals surface area contributed by atoms with Gasteiger partial charge in [0.1, 0.15) is 8.07 Å². The molecule has 0 aliphatic carbocycles. The Morgan fingerprint density at radius 3 is 2.20 bits per heavy atom. The summed E-state index contributed by atoms with van der Waals surface area (Å²) in [4.78, 5) is 4.91. The van der Waals surface area contributed by atoms with Gasteiger partial charge in [0.15, 0.2) is 0 Å². The van der Waals surface area contributed by atoms with Crippen molar-refractivity contribution in [2.24, 2.45) is 0 Å². The molecule has 2 aliphatic rings. The monoisotopic (exact) mass is 334 g/mol. The number of fused-ring (bicyclic) bond motifs is 5. The third kappa shape index (κ3) is 1.68. The summed E-state index contributed by atoms with van der Waals surface area (Å²) in [6.45, 7) is 9.79. The zero-order valence-electron chi connectivity index (χ0n) is 12.8. The Kier molecular flexibility index (Phi) is 2.82. The first-order valence-electron chi connectivity index (χ1n) is 7.68. The highest BCUT2D eigenvalue weighted by atomic mass is 32.1. The lowest BCUT2D eigenvalue weighted by atomic mass is 10.4. The van der Waals surface area contributed by atoms with Crippen LogP contribution in [0, 0.1) is 6.92 Å². The Labute approximate surface area is 131 Å². The van der Waals surface area contributed by atoms with E-state index >= 15 is 0 Å². The van der Waals surface area contributed by atoms with Crippen molar-refractivity contribution in [2.45, 2.75) is 51.5 Å². The van der Waals surface area contributed by atoms with Crippen LogP contribution in [0.2, 0.25) is 31.7 Å². The molecular weight excluding hydrogens is 312 g/mol. The molecule has 1 fully saturated rings. The Morgan fingerprint density at radius 1 is 0.950 bits per heavy atom. The van der Waals surface area contributed by atoms with Crippen molar-refractivity contribution in [1.82, 2.24) is 0 Å². The summed E-state index contributed by atoms with van der Waals surface area (Å²) in [7, 11) is -2.47. The number of rotatable bonds is 1. The maximum absolute atomic E-state index is 2.67. The van der Waals surface area contributed by atoms with Crippen molar-refractivity contribution in [3.05, 3.63) is 17.0 Å². The third-order valence-corrected chi connectivity index (χ3v) is 16.6. The van der Waals surface area contributed by atoms with Gasteiger partial charge in [-0.25, -0.2) is 0 Å². The third-order valence-electron chi connectivity index (χ3n) is 5.02. The molecule has 0 amide bonds. The average molecular weight is 335 g/mol. The van der Waals surface area contributed by atoms with Crippen molar-refractivity contribution in [3.63, 3.8) is 0 Å². The van der Waals surface area contributed by atoms with Gasteiger partial charge in [-0.15, -0.1) is 22.7 Å². The lowest BCUT2D eigenvalue weighted by Crippen LogP contribution is -2.52. The van der Waals surface area contributed by atoms with Gasteiger partial charge >= 0.3 is 0 Å². The SMILES string of the molecule is Cc1cc2c(s1)-c1sc([Si](C)(C)C)cc1[Si]21CCCC1. The van der Waals surface area contributed by atoms with Gasteiger partial charge in [0, 0.05) is 14.6 Å². The van der Waals surface area contributed by atoms with Crippen molar-refractivity contribution in [1.29, 1.82) is 0 Å². The van der Waals surface area contributed by atoms with Crippen LogP contribution in [-0.2, 0) is 0 Å². The average Bonchev–Trinajstić information content (AvgIpc) is 3.05. The lowest BCUT2D eigenvalue weighted by molar-refractivity contribution is 0.935. The highest BCUT2D eigenvalue weighted by molar-refractivity contribution is 7.35. The van der Waals surface area contributed by atoms with Gasteiger partial charge in [-0.3, -0.25) is 0 Å². The second kappa shape index (κ2) is 4.18. The minimum Gasteiger partial charge on any atom is -0.144 e. The molecule has 0 radical (unpaired) electrons. The molecule has 0 unspecified atom stereocenters. The van der Waals surface area contributed by atoms with Crippen molar-refractivity contribution >= 4 is 53.7 Å². The molecule has 2 aromatic rings. The molecule has 1 saturated heterocycles. The van der Waals surface area contributed by atoms with Crippen LogP contribution in [-0.4, -0.2) is 16.1 Å². The zero-order chi connectivity index (χ0) is 14.1. The molecule has 4 heterocycles. The topological polar surface area (TPSA) is 0 Å². The lowest BCUT2D eigenvalue weighted by Gasteiger charge is -2.22. The number of hydrogen-bond donors (Lipinski definition) is 0. The summed E-state index contributed by atoms with van der Waals surface area (Å²) in [5, 5.41) is 3.67. The standard InChI is InChI=1S/C16H22S2Si2/c1-11-9-12-15(17-11)16-13(20(12)7-5-6-8-20)10-14(18-16)19(2,3)4/h9-10H,5-8H2,1-4H3. The molecule has 0 atom stereocenters. The van der Waals surface area contributed by atoms with Crippen LogP contribution in [0.4, 0.5) is 0 Å². The second-order valence-corrected chi connectivity index (χ2v) is 19.4. The summed E-state index contributed by atoms with van der Waals surface area (Å²) in [5.41, 5.74) is 0. The van der Waals surface area contributed by atoms with E-state index < -0.39 is 16.1 Å². The molecule has 106 valence electrons. The van der Waals surface area contributed by atoms with Crippen molar-refractivity contribution in [2.75, 3.05) is 0 Å². The van der Waals surface area contributed by atoms with E-state index in [9.17, 15) is 0 Å². The molecule has 1 spiro atoms. The summed E-state index contributed by atoms with van der Waals surface area (Å²) in [5.74, 6) is 0. The van der Waals surface area contributed by atoms with E-state index in [1.54, 1.807) is 14.3 Å². The first kappa shape index (κ1) is 13.5. The Morgan fingerprint density at radius 2 is 1.55 bits per heavy atom. The van der Waals surface area contributed by atoms with Gasteiger partial charge < -0.3 is 0 Å². The smallest absolute Gasteiger partial charge is 0.122 e. The highest BCUT2D eigenvalue weighted by Crippen LogP contribution is 2.43. The first-order chi connectivity index (χ1) is 9.42. The minimum atomic E-state index is -1.30. The quantitative estimate of drug-likeness (QED) is 0.692. The van der Waals surface area contributed by atoms with Gasteiger partial charge in [0.2, 0.25) is 0 Å². The predicted molar refractivity (Wildman–Crippen MR) is 99.2 cm³/mol. The Hall–Kier alpha value is -0.166. The summed E-state index contributed by atoms with van der Waals surface area (Å²) >= 11 is 4.22. The highest BCUT2D eigenvalue weighted by Gasteiger charge is 2.49. The first-order valence-corrected chi connectivity index (χ1v) is 15.2. The Bertz CT molecular complexity index is 682.